The third-order valence-electron chi connectivity index (χ3n) is 1.34. The monoisotopic (exact) mass is 149 g/mol. The largest absolute Gasteiger partial charge is 0.484 e. The molecule has 1 rings (SSSR count). The number of methoxy groups -OCH3 is 1. The first-order valence-electron chi connectivity index (χ1n) is 3.47. The maximum absolute atomic E-state index is 4.90. The van der Waals surface area contributed by atoms with E-state index in [1.807, 2.05) is 37.3 Å². The van der Waals surface area contributed by atoms with Crippen LogP contribution in [0.3, 0.4) is 0 Å². The van der Waals surface area contributed by atoms with Crippen molar-refractivity contribution in [3.8, 4) is 0 Å². The summed E-state index contributed by atoms with van der Waals surface area (Å²) in [6.07, 6.45) is 0. The van der Waals surface area contributed by atoms with Crippen LogP contribution in [0.2, 0.25) is 0 Å². The second kappa shape index (κ2) is 3.76. The van der Waals surface area contributed by atoms with Crippen LogP contribution >= 0.6 is 0 Å². The summed E-state index contributed by atoms with van der Waals surface area (Å²) >= 11 is 0. The van der Waals surface area contributed by atoms with Crippen LogP contribution < -0.4 is 0 Å². The first-order valence-corrected chi connectivity index (χ1v) is 3.47. The second-order valence-corrected chi connectivity index (χ2v) is 2.17. The molecule has 0 amide bonds. The number of hydrogen-bond acceptors (Lipinski definition) is 2. The molecule has 0 atom stereocenters. The minimum Gasteiger partial charge on any atom is -0.484 e. The van der Waals surface area contributed by atoms with Gasteiger partial charge in [-0.2, -0.15) is 0 Å². The van der Waals surface area contributed by atoms with Gasteiger partial charge in [0.25, 0.3) is 0 Å². The fourth-order valence-corrected chi connectivity index (χ4v) is 0.730. The van der Waals surface area contributed by atoms with Gasteiger partial charge in [0.2, 0.25) is 0 Å². The van der Waals surface area contributed by atoms with E-state index in [1.165, 1.54) is 0 Å². The lowest BCUT2D eigenvalue weighted by atomic mass is 10.3. The molecule has 1 aromatic carbocycles. The van der Waals surface area contributed by atoms with Gasteiger partial charge in [-0.1, -0.05) is 18.2 Å². The summed E-state index contributed by atoms with van der Waals surface area (Å²) in [6.45, 7) is 1.83. The molecule has 0 aliphatic heterocycles. The molecule has 1 aromatic rings. The predicted octanol–water partition coefficient (Wildman–Crippen LogP) is 2.38. The zero-order valence-corrected chi connectivity index (χ0v) is 6.74. The van der Waals surface area contributed by atoms with E-state index in [-0.39, 0.29) is 0 Å². The molecule has 0 bridgehead atoms. The third-order valence-corrected chi connectivity index (χ3v) is 1.34. The highest BCUT2D eigenvalue weighted by atomic mass is 16.5. The molecule has 0 heterocycles. The summed E-state index contributed by atoms with van der Waals surface area (Å²) in [5.41, 5.74) is 0.923. The summed E-state index contributed by atoms with van der Waals surface area (Å²) in [6, 6.07) is 9.72. The Morgan fingerprint density at radius 3 is 2.45 bits per heavy atom. The molecule has 0 N–H and O–H groups in total. The molecule has 0 spiro atoms. The lowest BCUT2D eigenvalue weighted by Crippen LogP contribution is -1.91. The van der Waals surface area contributed by atoms with Crippen LogP contribution in [0, 0.1) is 0 Å². The number of aliphatic imine (C=N–C) groups is 1. The Labute approximate surface area is 66.5 Å². The lowest BCUT2D eigenvalue weighted by molar-refractivity contribution is 0.400. The van der Waals surface area contributed by atoms with Crippen molar-refractivity contribution in [3.05, 3.63) is 30.3 Å². The molecule has 0 fully saturated rings. The van der Waals surface area contributed by atoms with Crippen molar-refractivity contribution in [3.63, 3.8) is 0 Å². The van der Waals surface area contributed by atoms with Gasteiger partial charge in [0.1, 0.15) is 0 Å². The van der Waals surface area contributed by atoms with Crippen molar-refractivity contribution in [2.45, 2.75) is 6.92 Å². The Balaban J connectivity index is 2.79. The van der Waals surface area contributed by atoms with E-state index >= 15 is 0 Å². The lowest BCUT2D eigenvalue weighted by Gasteiger charge is -1.96. The minimum absolute atomic E-state index is 0.677. The van der Waals surface area contributed by atoms with E-state index in [0.717, 1.165) is 5.69 Å². The van der Waals surface area contributed by atoms with Gasteiger partial charge in [0, 0.05) is 6.92 Å². The standard InChI is InChI=1S/C9H11NO/c1-8(11-2)10-9-6-4-3-5-7-9/h3-7H,1-2H3/b10-8+. The summed E-state index contributed by atoms with van der Waals surface area (Å²) < 4.78 is 4.90. The van der Waals surface area contributed by atoms with Crippen molar-refractivity contribution in [1.82, 2.24) is 0 Å². The molecule has 0 aliphatic carbocycles. The average molecular weight is 149 g/mol. The van der Waals surface area contributed by atoms with E-state index in [9.17, 15) is 0 Å². The minimum atomic E-state index is 0.677. The van der Waals surface area contributed by atoms with E-state index in [2.05, 4.69) is 4.99 Å². The Morgan fingerprint density at radius 2 is 1.91 bits per heavy atom. The van der Waals surface area contributed by atoms with Crippen LogP contribution in [0.25, 0.3) is 0 Å². The SMILES string of the molecule is CO/C(C)=N/c1ccccc1. The molecule has 58 valence electrons. The van der Waals surface area contributed by atoms with Crippen LogP contribution in [0.5, 0.6) is 0 Å². The Kier molecular flexibility index (Phi) is 2.66. The molecule has 2 nitrogen and oxygen atoms in total. The highest BCUT2D eigenvalue weighted by molar-refractivity contribution is 5.76. The van der Waals surface area contributed by atoms with Crippen LogP contribution in [0.4, 0.5) is 5.69 Å². The van der Waals surface area contributed by atoms with Gasteiger partial charge in [-0.3, -0.25) is 0 Å². The fraction of sp³-hybridized carbons (Fsp3) is 0.222. The van der Waals surface area contributed by atoms with Crippen molar-refractivity contribution in [1.29, 1.82) is 0 Å². The Bertz CT molecular complexity index is 241. The number of para-hydroxylation sites is 1. The Hall–Kier alpha value is -1.31. The zero-order chi connectivity index (χ0) is 8.10. The summed E-state index contributed by atoms with van der Waals surface area (Å²) in [5, 5.41) is 0. The average Bonchev–Trinajstić information content (AvgIpc) is 2.06. The Morgan fingerprint density at radius 1 is 1.27 bits per heavy atom. The molecule has 0 aliphatic rings. The normalized spacial score (nSPS) is 11.3. The van der Waals surface area contributed by atoms with Gasteiger partial charge in [-0.25, -0.2) is 4.99 Å². The first kappa shape index (κ1) is 7.79. The molecular weight excluding hydrogens is 138 g/mol. The van der Waals surface area contributed by atoms with Crippen molar-refractivity contribution in [2.24, 2.45) is 4.99 Å². The molecular formula is C9H11NO. The van der Waals surface area contributed by atoms with Crippen LogP contribution in [0.1, 0.15) is 6.92 Å². The quantitative estimate of drug-likeness (QED) is 0.443. The number of ether oxygens (including phenoxy) is 1. The molecule has 2 heteroatoms. The zero-order valence-electron chi connectivity index (χ0n) is 6.74. The van der Waals surface area contributed by atoms with Gasteiger partial charge < -0.3 is 4.74 Å². The summed E-state index contributed by atoms with van der Waals surface area (Å²) in [7, 11) is 1.61. The predicted molar refractivity (Wildman–Crippen MR) is 46.2 cm³/mol. The second-order valence-electron chi connectivity index (χ2n) is 2.17. The molecule has 0 aromatic heterocycles. The number of nitrogens with zero attached hydrogens (tertiary/aromatic N) is 1. The topological polar surface area (TPSA) is 21.6 Å². The number of benzene rings is 1. The van der Waals surface area contributed by atoms with E-state index in [4.69, 9.17) is 4.74 Å². The van der Waals surface area contributed by atoms with Gasteiger partial charge in [-0.15, -0.1) is 0 Å². The highest BCUT2D eigenvalue weighted by Crippen LogP contribution is 2.09. The van der Waals surface area contributed by atoms with Crippen molar-refractivity contribution in [2.75, 3.05) is 7.11 Å². The summed E-state index contributed by atoms with van der Waals surface area (Å²) in [4.78, 5) is 4.17. The van der Waals surface area contributed by atoms with Crippen LogP contribution in [-0.4, -0.2) is 13.0 Å². The molecule has 0 saturated heterocycles. The molecule has 0 radical (unpaired) electrons. The molecule has 11 heavy (non-hydrogen) atoms. The van der Waals surface area contributed by atoms with Gasteiger partial charge >= 0.3 is 0 Å². The number of hydrogen-bond donors (Lipinski definition) is 0. The third kappa shape index (κ3) is 2.42. The fourth-order valence-electron chi connectivity index (χ4n) is 0.730. The smallest absolute Gasteiger partial charge is 0.184 e. The van der Waals surface area contributed by atoms with Crippen LogP contribution in [-0.2, 0) is 4.74 Å². The van der Waals surface area contributed by atoms with Gasteiger partial charge in [0.15, 0.2) is 5.90 Å². The molecule has 0 unspecified atom stereocenters. The molecule has 0 saturated carbocycles. The van der Waals surface area contributed by atoms with Crippen molar-refractivity contribution < 1.29 is 4.74 Å². The summed E-state index contributed by atoms with van der Waals surface area (Å²) in [5.74, 6) is 0.677. The first-order chi connectivity index (χ1) is 5.33. The maximum Gasteiger partial charge on any atom is 0.184 e. The number of rotatable bonds is 1. The van der Waals surface area contributed by atoms with Gasteiger partial charge in [0.05, 0.1) is 12.8 Å². The van der Waals surface area contributed by atoms with E-state index < -0.39 is 0 Å². The van der Waals surface area contributed by atoms with E-state index in [1.54, 1.807) is 7.11 Å². The highest BCUT2D eigenvalue weighted by Gasteiger charge is 1.87. The van der Waals surface area contributed by atoms with Gasteiger partial charge in [-0.05, 0) is 12.1 Å². The van der Waals surface area contributed by atoms with E-state index in [0.29, 0.717) is 5.90 Å². The van der Waals surface area contributed by atoms with Crippen molar-refractivity contribution >= 4 is 11.6 Å². The van der Waals surface area contributed by atoms with Crippen LogP contribution in [0.15, 0.2) is 35.3 Å². The maximum atomic E-state index is 4.90.